The highest BCUT2D eigenvalue weighted by molar-refractivity contribution is 5.82. The van der Waals surface area contributed by atoms with Crippen molar-refractivity contribution in [3.63, 3.8) is 0 Å². The number of carbonyl (C=O) groups is 2. The Morgan fingerprint density at radius 1 is 1.33 bits per heavy atom. The van der Waals surface area contributed by atoms with E-state index in [9.17, 15) is 19.8 Å². The molecule has 0 bridgehead atoms. The number of nitrogens with one attached hydrogen (secondary N) is 1. The predicted molar refractivity (Wildman–Crippen MR) is 79.2 cm³/mol. The number of nitrogens with zero attached hydrogens (tertiary/aromatic N) is 1. The van der Waals surface area contributed by atoms with Gasteiger partial charge in [0.15, 0.2) is 0 Å². The molecule has 0 saturated heterocycles. The zero-order chi connectivity index (χ0) is 16.0. The van der Waals surface area contributed by atoms with Gasteiger partial charge in [-0.15, -0.1) is 0 Å². The highest BCUT2D eigenvalue weighted by Crippen LogP contribution is 2.11. The predicted octanol–water partition coefficient (Wildman–Crippen LogP) is 1.61. The van der Waals surface area contributed by atoms with Crippen LogP contribution in [0.2, 0.25) is 0 Å². The Balaban J connectivity index is 2.69. The quantitative estimate of drug-likeness (QED) is 0.695. The molecule has 0 heterocycles. The summed E-state index contributed by atoms with van der Waals surface area (Å²) in [6, 6.07) is 4.69. The fourth-order valence-corrected chi connectivity index (χ4v) is 1.80. The number of hydrogen-bond donors (Lipinski definition) is 3. The Bertz CT molecular complexity index is 525. The molecule has 1 atom stereocenters. The summed E-state index contributed by atoms with van der Waals surface area (Å²) < 4.78 is 0. The van der Waals surface area contributed by atoms with E-state index in [1.54, 1.807) is 26.1 Å². The fourth-order valence-electron chi connectivity index (χ4n) is 1.80. The Kier molecular flexibility index (Phi) is 5.78. The molecule has 3 N–H and O–H groups in total. The summed E-state index contributed by atoms with van der Waals surface area (Å²) in [5.74, 6) is -1.00. The normalized spacial score (nSPS) is 11.5. The van der Waals surface area contributed by atoms with E-state index in [4.69, 9.17) is 0 Å². The topological polar surface area (TPSA) is 89.9 Å². The van der Waals surface area contributed by atoms with E-state index in [1.807, 2.05) is 0 Å². The maximum Gasteiger partial charge on any atom is 0.326 e. The Morgan fingerprint density at radius 3 is 2.38 bits per heavy atom. The molecule has 0 aliphatic heterocycles. The largest absolute Gasteiger partial charge is 0.508 e. The van der Waals surface area contributed by atoms with Crippen molar-refractivity contribution in [3.8, 4) is 5.75 Å². The van der Waals surface area contributed by atoms with Crippen molar-refractivity contribution in [1.82, 2.24) is 10.2 Å². The second-order valence-corrected chi connectivity index (χ2v) is 5.02. The number of carboxylic acids is 1. The van der Waals surface area contributed by atoms with Gasteiger partial charge in [0.25, 0.3) is 0 Å². The molecule has 1 aromatic rings. The molecule has 0 saturated carbocycles. The molecule has 6 nitrogen and oxygen atoms in total. The summed E-state index contributed by atoms with van der Waals surface area (Å²) in [7, 11) is 1.57. The van der Waals surface area contributed by atoms with Gasteiger partial charge in [-0.05, 0) is 24.6 Å². The van der Waals surface area contributed by atoms with E-state index in [0.717, 1.165) is 5.57 Å². The lowest BCUT2D eigenvalue weighted by Crippen LogP contribution is -2.48. The monoisotopic (exact) mass is 292 g/mol. The molecule has 0 unspecified atom stereocenters. The number of benzene rings is 1. The smallest absolute Gasteiger partial charge is 0.326 e. The maximum absolute atomic E-state index is 11.9. The summed E-state index contributed by atoms with van der Waals surface area (Å²) in [5, 5.41) is 20.9. The van der Waals surface area contributed by atoms with Crippen LogP contribution in [-0.2, 0) is 11.2 Å². The highest BCUT2D eigenvalue weighted by atomic mass is 16.4. The van der Waals surface area contributed by atoms with Gasteiger partial charge in [0.05, 0.1) is 0 Å². The van der Waals surface area contributed by atoms with Gasteiger partial charge in [0.1, 0.15) is 11.8 Å². The van der Waals surface area contributed by atoms with E-state index in [2.05, 4.69) is 11.9 Å². The van der Waals surface area contributed by atoms with Gasteiger partial charge < -0.3 is 20.4 Å². The molecule has 1 aromatic carbocycles. The number of amides is 2. The van der Waals surface area contributed by atoms with Crippen molar-refractivity contribution in [1.29, 1.82) is 0 Å². The molecule has 0 fully saturated rings. The van der Waals surface area contributed by atoms with Crippen LogP contribution < -0.4 is 5.32 Å². The van der Waals surface area contributed by atoms with Gasteiger partial charge in [-0.1, -0.05) is 24.3 Å². The van der Waals surface area contributed by atoms with Crippen LogP contribution in [0.4, 0.5) is 4.79 Å². The van der Waals surface area contributed by atoms with Gasteiger partial charge in [-0.25, -0.2) is 9.59 Å². The first-order chi connectivity index (χ1) is 9.79. The number of phenols is 1. The third-order valence-corrected chi connectivity index (χ3v) is 2.83. The highest BCUT2D eigenvalue weighted by Gasteiger charge is 2.22. The molecule has 2 amide bonds. The van der Waals surface area contributed by atoms with Crippen LogP contribution >= 0.6 is 0 Å². The molecule has 0 aliphatic rings. The molecule has 6 heteroatoms. The van der Waals surface area contributed by atoms with Crippen LogP contribution in [0.1, 0.15) is 12.5 Å². The van der Waals surface area contributed by atoms with Crippen LogP contribution in [-0.4, -0.2) is 46.7 Å². The number of likely N-dealkylation sites (N-methyl/N-ethyl adjacent to an activating group) is 1. The van der Waals surface area contributed by atoms with Crippen molar-refractivity contribution in [2.45, 2.75) is 19.4 Å². The van der Waals surface area contributed by atoms with Crippen LogP contribution in [0.5, 0.6) is 5.75 Å². The summed E-state index contributed by atoms with van der Waals surface area (Å²) in [6.07, 6.45) is 0.141. The van der Waals surface area contributed by atoms with E-state index in [1.165, 1.54) is 17.0 Å². The lowest BCUT2D eigenvalue weighted by atomic mass is 10.1. The number of carbonyl (C=O) groups excluding carboxylic acids is 1. The van der Waals surface area contributed by atoms with Gasteiger partial charge in [0.2, 0.25) is 0 Å². The first-order valence-electron chi connectivity index (χ1n) is 6.46. The van der Waals surface area contributed by atoms with E-state index < -0.39 is 18.0 Å². The Hall–Kier alpha value is -2.50. The molecule has 1 rings (SSSR count). The zero-order valence-electron chi connectivity index (χ0n) is 12.2. The summed E-state index contributed by atoms with van der Waals surface area (Å²) in [6.45, 7) is 5.85. The molecular formula is C15H20N2O4. The molecule has 0 aromatic heterocycles. The average Bonchev–Trinajstić information content (AvgIpc) is 2.39. The second-order valence-electron chi connectivity index (χ2n) is 5.02. The van der Waals surface area contributed by atoms with E-state index in [0.29, 0.717) is 12.1 Å². The number of aliphatic carboxylic acids is 1. The lowest BCUT2D eigenvalue weighted by Gasteiger charge is -2.21. The second kappa shape index (κ2) is 7.33. The summed E-state index contributed by atoms with van der Waals surface area (Å²) in [5.41, 5.74) is 1.51. The number of rotatable bonds is 6. The SMILES string of the molecule is C=C(C)CN(C)C(=O)N[C@@H](Cc1ccc(O)cc1)C(=O)O. The fraction of sp³-hybridized carbons (Fsp3) is 0.333. The van der Waals surface area contributed by atoms with Gasteiger partial charge in [0, 0.05) is 20.0 Å². The third kappa shape index (κ3) is 5.56. The van der Waals surface area contributed by atoms with Crippen molar-refractivity contribution in [3.05, 3.63) is 42.0 Å². The number of hydrogen-bond acceptors (Lipinski definition) is 3. The van der Waals surface area contributed by atoms with Crippen LogP contribution in [0, 0.1) is 0 Å². The number of aromatic hydroxyl groups is 1. The number of urea groups is 1. The average molecular weight is 292 g/mol. The van der Waals surface area contributed by atoms with Gasteiger partial charge >= 0.3 is 12.0 Å². The van der Waals surface area contributed by atoms with Crippen molar-refractivity contribution in [2.75, 3.05) is 13.6 Å². The van der Waals surface area contributed by atoms with Crippen molar-refractivity contribution < 1.29 is 19.8 Å². The minimum Gasteiger partial charge on any atom is -0.508 e. The van der Waals surface area contributed by atoms with E-state index >= 15 is 0 Å². The summed E-state index contributed by atoms with van der Waals surface area (Å²) in [4.78, 5) is 24.5. The molecule has 0 aliphatic carbocycles. The minimum absolute atomic E-state index is 0.107. The van der Waals surface area contributed by atoms with Crippen LogP contribution in [0.3, 0.4) is 0 Å². The van der Waals surface area contributed by atoms with Crippen molar-refractivity contribution >= 4 is 12.0 Å². The first kappa shape index (κ1) is 16.6. The van der Waals surface area contributed by atoms with Crippen LogP contribution in [0.25, 0.3) is 0 Å². The van der Waals surface area contributed by atoms with Crippen molar-refractivity contribution in [2.24, 2.45) is 0 Å². The molecule has 114 valence electrons. The Morgan fingerprint density at radius 2 is 1.90 bits per heavy atom. The number of phenolic OH excluding ortho intramolecular Hbond substituents is 1. The minimum atomic E-state index is -1.11. The van der Waals surface area contributed by atoms with Gasteiger partial charge in [-0.3, -0.25) is 0 Å². The van der Waals surface area contributed by atoms with E-state index in [-0.39, 0.29) is 12.2 Å². The maximum atomic E-state index is 11.9. The third-order valence-electron chi connectivity index (χ3n) is 2.83. The number of carboxylic acid groups (broad SMARTS) is 1. The lowest BCUT2D eigenvalue weighted by molar-refractivity contribution is -0.139. The van der Waals surface area contributed by atoms with Gasteiger partial charge in [-0.2, -0.15) is 0 Å². The molecule has 0 spiro atoms. The first-order valence-corrected chi connectivity index (χ1v) is 6.46. The standard InChI is InChI=1S/C15H20N2O4/c1-10(2)9-17(3)15(21)16-13(14(19)20)8-11-4-6-12(18)7-5-11/h4-7,13,18H,1,8-9H2,2-3H3,(H,16,21)(H,19,20)/t13-/m0/s1. The Labute approximate surface area is 123 Å². The molecule has 21 heavy (non-hydrogen) atoms. The molecule has 0 radical (unpaired) electrons. The zero-order valence-corrected chi connectivity index (χ0v) is 12.2. The van der Waals surface area contributed by atoms with Crippen LogP contribution in [0.15, 0.2) is 36.4 Å². The molecular weight excluding hydrogens is 272 g/mol. The summed E-state index contributed by atoms with van der Waals surface area (Å²) >= 11 is 0.